The summed E-state index contributed by atoms with van der Waals surface area (Å²) in [7, 11) is 0. The Bertz CT molecular complexity index is 792. The van der Waals surface area contributed by atoms with Gasteiger partial charge in [0.1, 0.15) is 11.9 Å². The molecule has 2 aromatic rings. The van der Waals surface area contributed by atoms with Gasteiger partial charge in [0.05, 0.1) is 17.1 Å². The summed E-state index contributed by atoms with van der Waals surface area (Å²) in [6.45, 7) is 2.06. The van der Waals surface area contributed by atoms with Crippen LogP contribution in [0.5, 0.6) is 0 Å². The third-order valence-corrected chi connectivity index (χ3v) is 4.30. The number of nitrogens with zero attached hydrogens (tertiary/aromatic N) is 1. The predicted octanol–water partition coefficient (Wildman–Crippen LogP) is 3.79. The molecule has 6 heteroatoms. The SMILES string of the molecule is CCc1ccc(N[C@H]2CC(=O)N(c3ccc(F)c(Cl)c3)C2=O)cc1. The molecule has 3 rings (SSSR count). The average Bonchev–Trinajstić information content (AvgIpc) is 2.85. The van der Waals surface area contributed by atoms with Gasteiger partial charge in [-0.05, 0) is 42.3 Å². The van der Waals surface area contributed by atoms with E-state index in [9.17, 15) is 14.0 Å². The van der Waals surface area contributed by atoms with Crippen LogP contribution in [0.15, 0.2) is 42.5 Å². The Labute approximate surface area is 144 Å². The highest BCUT2D eigenvalue weighted by Crippen LogP contribution is 2.28. The third kappa shape index (κ3) is 3.12. The molecular weight excluding hydrogens is 331 g/mol. The second-order valence-electron chi connectivity index (χ2n) is 5.62. The number of hydrogen-bond acceptors (Lipinski definition) is 3. The maximum absolute atomic E-state index is 13.3. The Morgan fingerprint density at radius 3 is 2.54 bits per heavy atom. The Kier molecular flexibility index (Phi) is 4.53. The molecule has 0 bridgehead atoms. The van der Waals surface area contributed by atoms with Gasteiger partial charge in [0.25, 0.3) is 5.91 Å². The van der Waals surface area contributed by atoms with Gasteiger partial charge in [-0.2, -0.15) is 0 Å². The largest absolute Gasteiger partial charge is 0.373 e. The Balaban J connectivity index is 1.79. The molecule has 0 radical (unpaired) electrons. The molecule has 1 saturated heterocycles. The summed E-state index contributed by atoms with van der Waals surface area (Å²) in [6.07, 6.45) is 0.976. The van der Waals surface area contributed by atoms with E-state index in [4.69, 9.17) is 11.6 Å². The first kappa shape index (κ1) is 16.5. The highest BCUT2D eigenvalue weighted by Gasteiger charge is 2.39. The van der Waals surface area contributed by atoms with Crippen LogP contribution in [0.3, 0.4) is 0 Å². The summed E-state index contributed by atoms with van der Waals surface area (Å²) < 4.78 is 13.3. The van der Waals surface area contributed by atoms with Gasteiger partial charge in [-0.3, -0.25) is 9.59 Å². The average molecular weight is 347 g/mol. The lowest BCUT2D eigenvalue weighted by atomic mass is 10.1. The van der Waals surface area contributed by atoms with Crippen LogP contribution in [0.2, 0.25) is 5.02 Å². The molecule has 124 valence electrons. The van der Waals surface area contributed by atoms with Gasteiger partial charge in [0.15, 0.2) is 0 Å². The zero-order chi connectivity index (χ0) is 17.3. The van der Waals surface area contributed by atoms with Crippen LogP contribution in [0.1, 0.15) is 18.9 Å². The van der Waals surface area contributed by atoms with Gasteiger partial charge in [-0.1, -0.05) is 30.7 Å². The number of hydrogen-bond donors (Lipinski definition) is 1. The number of carbonyl (C=O) groups excluding carboxylic acids is 2. The molecule has 0 aromatic heterocycles. The van der Waals surface area contributed by atoms with Crippen LogP contribution in [0.4, 0.5) is 15.8 Å². The van der Waals surface area contributed by atoms with Gasteiger partial charge in [-0.25, -0.2) is 9.29 Å². The second-order valence-corrected chi connectivity index (χ2v) is 6.02. The van der Waals surface area contributed by atoms with E-state index in [-0.39, 0.29) is 28.9 Å². The number of benzene rings is 2. The van der Waals surface area contributed by atoms with Crippen molar-refractivity contribution in [3.63, 3.8) is 0 Å². The Morgan fingerprint density at radius 2 is 1.92 bits per heavy atom. The highest BCUT2D eigenvalue weighted by molar-refractivity contribution is 6.31. The van der Waals surface area contributed by atoms with Crippen molar-refractivity contribution >= 4 is 34.8 Å². The van der Waals surface area contributed by atoms with Crippen LogP contribution in [-0.4, -0.2) is 17.9 Å². The van der Waals surface area contributed by atoms with E-state index in [2.05, 4.69) is 12.2 Å². The predicted molar refractivity (Wildman–Crippen MR) is 91.8 cm³/mol. The van der Waals surface area contributed by atoms with Crippen LogP contribution in [0.25, 0.3) is 0 Å². The molecule has 1 aliphatic heterocycles. The lowest BCUT2D eigenvalue weighted by Gasteiger charge is -2.16. The summed E-state index contributed by atoms with van der Waals surface area (Å²) in [5.41, 5.74) is 2.25. The molecule has 24 heavy (non-hydrogen) atoms. The van der Waals surface area contributed by atoms with Gasteiger partial charge >= 0.3 is 0 Å². The van der Waals surface area contributed by atoms with E-state index in [1.54, 1.807) is 0 Å². The number of anilines is 2. The van der Waals surface area contributed by atoms with E-state index in [1.807, 2.05) is 24.3 Å². The maximum atomic E-state index is 13.3. The number of halogens is 2. The highest BCUT2D eigenvalue weighted by atomic mass is 35.5. The van der Waals surface area contributed by atoms with Gasteiger partial charge in [0.2, 0.25) is 5.91 Å². The minimum absolute atomic E-state index is 0.0450. The number of imide groups is 1. The van der Waals surface area contributed by atoms with Crippen molar-refractivity contribution < 1.29 is 14.0 Å². The summed E-state index contributed by atoms with van der Waals surface area (Å²) in [4.78, 5) is 25.8. The maximum Gasteiger partial charge on any atom is 0.256 e. The lowest BCUT2D eigenvalue weighted by Crippen LogP contribution is -2.34. The first-order valence-corrected chi connectivity index (χ1v) is 8.04. The fraction of sp³-hybridized carbons (Fsp3) is 0.222. The molecule has 0 saturated carbocycles. The number of amides is 2. The fourth-order valence-electron chi connectivity index (χ4n) is 2.68. The van der Waals surface area contributed by atoms with Crippen molar-refractivity contribution in [2.24, 2.45) is 0 Å². The van der Waals surface area contributed by atoms with Crippen molar-refractivity contribution in [2.45, 2.75) is 25.8 Å². The van der Waals surface area contributed by atoms with E-state index in [1.165, 1.54) is 17.7 Å². The Hall–Kier alpha value is -2.40. The first-order chi connectivity index (χ1) is 11.5. The summed E-state index contributed by atoms with van der Waals surface area (Å²) >= 11 is 5.74. The summed E-state index contributed by atoms with van der Waals surface area (Å²) in [5, 5.41) is 2.95. The number of nitrogens with one attached hydrogen (secondary N) is 1. The molecule has 1 fully saturated rings. The minimum Gasteiger partial charge on any atom is -0.373 e. The van der Waals surface area contributed by atoms with E-state index in [0.717, 1.165) is 23.1 Å². The van der Waals surface area contributed by atoms with Crippen molar-refractivity contribution in [1.29, 1.82) is 0 Å². The zero-order valence-electron chi connectivity index (χ0n) is 13.1. The van der Waals surface area contributed by atoms with Crippen LogP contribution in [-0.2, 0) is 16.0 Å². The molecule has 4 nitrogen and oxygen atoms in total. The molecule has 1 atom stereocenters. The number of rotatable bonds is 4. The quantitative estimate of drug-likeness (QED) is 0.857. The van der Waals surface area contributed by atoms with E-state index >= 15 is 0 Å². The van der Waals surface area contributed by atoms with Gasteiger partial charge < -0.3 is 5.32 Å². The monoisotopic (exact) mass is 346 g/mol. The molecular formula is C18H16ClFN2O2. The standard InChI is InChI=1S/C18H16ClFN2O2/c1-2-11-3-5-12(6-4-11)21-16-10-17(23)22(18(16)24)13-7-8-15(20)14(19)9-13/h3-9,16,21H,2,10H2,1H3/t16-/m0/s1. The fourth-order valence-corrected chi connectivity index (χ4v) is 2.85. The number of aryl methyl sites for hydroxylation is 1. The molecule has 2 aromatic carbocycles. The summed E-state index contributed by atoms with van der Waals surface area (Å²) in [5.74, 6) is -1.31. The van der Waals surface area contributed by atoms with E-state index in [0.29, 0.717) is 0 Å². The number of carbonyl (C=O) groups is 2. The Morgan fingerprint density at radius 1 is 1.21 bits per heavy atom. The zero-order valence-corrected chi connectivity index (χ0v) is 13.8. The smallest absolute Gasteiger partial charge is 0.256 e. The topological polar surface area (TPSA) is 49.4 Å². The van der Waals surface area contributed by atoms with E-state index < -0.39 is 11.9 Å². The molecule has 1 N–H and O–H groups in total. The van der Waals surface area contributed by atoms with Crippen molar-refractivity contribution in [1.82, 2.24) is 0 Å². The second kappa shape index (κ2) is 6.61. The molecule has 2 amide bonds. The first-order valence-electron chi connectivity index (χ1n) is 7.67. The van der Waals surface area contributed by atoms with Crippen LogP contribution >= 0.6 is 11.6 Å². The molecule has 1 aliphatic rings. The van der Waals surface area contributed by atoms with Gasteiger partial charge in [0, 0.05) is 5.69 Å². The molecule has 0 unspecified atom stereocenters. The third-order valence-electron chi connectivity index (χ3n) is 4.01. The molecule has 1 heterocycles. The van der Waals surface area contributed by atoms with Crippen molar-refractivity contribution in [3.8, 4) is 0 Å². The van der Waals surface area contributed by atoms with Crippen LogP contribution in [0, 0.1) is 5.82 Å². The van der Waals surface area contributed by atoms with Crippen molar-refractivity contribution in [2.75, 3.05) is 10.2 Å². The minimum atomic E-state index is -0.645. The lowest BCUT2D eigenvalue weighted by molar-refractivity contribution is -0.121. The summed E-state index contributed by atoms with van der Waals surface area (Å²) in [6, 6.07) is 10.9. The van der Waals surface area contributed by atoms with Crippen LogP contribution < -0.4 is 10.2 Å². The molecule has 0 spiro atoms. The normalized spacial score (nSPS) is 17.5. The molecule has 0 aliphatic carbocycles. The van der Waals surface area contributed by atoms with Crippen molar-refractivity contribution in [3.05, 3.63) is 58.9 Å². The van der Waals surface area contributed by atoms with Gasteiger partial charge in [-0.15, -0.1) is 0 Å².